The van der Waals surface area contributed by atoms with Gasteiger partial charge in [0.25, 0.3) is 5.91 Å². The third kappa shape index (κ3) is 2.92. The maximum Gasteiger partial charge on any atom is 0.355 e. The first-order chi connectivity index (χ1) is 9.49. The molecule has 1 aromatic rings. The average molecular weight is 278 g/mol. The van der Waals surface area contributed by atoms with E-state index in [4.69, 9.17) is 4.74 Å². The van der Waals surface area contributed by atoms with Gasteiger partial charge in [-0.15, -0.1) is 6.58 Å². The molecular formula is C15H22N2O3. The normalized spacial score (nSPS) is 10.2. The minimum absolute atomic E-state index is 0.197. The van der Waals surface area contributed by atoms with Crippen molar-refractivity contribution < 1.29 is 14.3 Å². The second kappa shape index (κ2) is 6.93. The number of aromatic nitrogens is 1. The molecular weight excluding hydrogens is 256 g/mol. The molecule has 5 nitrogen and oxygen atoms in total. The van der Waals surface area contributed by atoms with E-state index in [9.17, 15) is 9.59 Å². The molecule has 0 radical (unpaired) electrons. The summed E-state index contributed by atoms with van der Waals surface area (Å²) in [6.07, 6.45) is 1.62. The Morgan fingerprint density at radius 3 is 2.50 bits per heavy atom. The van der Waals surface area contributed by atoms with Gasteiger partial charge in [-0.05, 0) is 33.3 Å². The van der Waals surface area contributed by atoms with Crippen molar-refractivity contribution >= 4 is 11.9 Å². The van der Waals surface area contributed by atoms with Crippen molar-refractivity contribution in [2.75, 3.05) is 13.2 Å². The van der Waals surface area contributed by atoms with Crippen LogP contribution in [0.1, 0.15) is 46.0 Å². The molecule has 110 valence electrons. The van der Waals surface area contributed by atoms with E-state index < -0.39 is 5.97 Å². The fraction of sp³-hybridized carbons (Fsp3) is 0.467. The quantitative estimate of drug-likeness (QED) is 0.641. The van der Waals surface area contributed by atoms with Gasteiger partial charge in [0.2, 0.25) is 0 Å². The van der Waals surface area contributed by atoms with Crippen LogP contribution < -0.4 is 5.32 Å². The summed E-state index contributed by atoms with van der Waals surface area (Å²) in [5, 5.41) is 2.74. The number of carbonyl (C=O) groups is 2. The molecule has 1 amide bonds. The lowest BCUT2D eigenvalue weighted by Gasteiger charge is -2.08. The highest BCUT2D eigenvalue weighted by Gasteiger charge is 2.26. The highest BCUT2D eigenvalue weighted by atomic mass is 16.5. The van der Waals surface area contributed by atoms with Crippen LogP contribution >= 0.6 is 0 Å². The lowest BCUT2D eigenvalue weighted by atomic mass is 10.1. The minimum atomic E-state index is -0.391. The number of carbonyl (C=O) groups excluding carboxylic acids is 2. The molecule has 0 saturated carbocycles. The largest absolute Gasteiger partial charge is 0.461 e. The molecule has 1 rings (SSSR count). The van der Waals surface area contributed by atoms with E-state index in [1.54, 1.807) is 19.9 Å². The third-order valence-corrected chi connectivity index (χ3v) is 3.19. The molecule has 20 heavy (non-hydrogen) atoms. The summed E-state index contributed by atoms with van der Waals surface area (Å²) in [6.45, 7) is 12.2. The van der Waals surface area contributed by atoms with Crippen molar-refractivity contribution in [3.05, 3.63) is 35.2 Å². The first-order valence-corrected chi connectivity index (χ1v) is 6.75. The number of nitrogens with zero attached hydrogens (tertiary/aromatic N) is 1. The topological polar surface area (TPSA) is 60.3 Å². The molecule has 1 heterocycles. The van der Waals surface area contributed by atoms with Crippen molar-refractivity contribution in [1.82, 2.24) is 9.88 Å². The predicted molar refractivity (Wildman–Crippen MR) is 78.1 cm³/mol. The van der Waals surface area contributed by atoms with E-state index >= 15 is 0 Å². The van der Waals surface area contributed by atoms with Crippen LogP contribution in [0.2, 0.25) is 0 Å². The molecule has 0 aliphatic rings. The van der Waals surface area contributed by atoms with Gasteiger partial charge in [0.1, 0.15) is 5.69 Å². The molecule has 5 heteroatoms. The Bertz CT molecular complexity index is 530. The summed E-state index contributed by atoms with van der Waals surface area (Å²) in [5.74, 6) is -0.588. The monoisotopic (exact) mass is 278 g/mol. The van der Waals surface area contributed by atoms with Crippen LogP contribution in [0.4, 0.5) is 0 Å². The number of hydrogen-bond acceptors (Lipinski definition) is 3. The third-order valence-electron chi connectivity index (χ3n) is 3.19. The molecule has 0 aromatic carbocycles. The van der Waals surface area contributed by atoms with Gasteiger partial charge in [-0.1, -0.05) is 6.08 Å². The molecule has 0 fully saturated rings. The molecule has 0 aliphatic heterocycles. The van der Waals surface area contributed by atoms with Crippen LogP contribution in [0, 0.1) is 13.8 Å². The van der Waals surface area contributed by atoms with Gasteiger partial charge in [0.05, 0.1) is 12.2 Å². The zero-order valence-corrected chi connectivity index (χ0v) is 12.6. The van der Waals surface area contributed by atoms with Crippen molar-refractivity contribution in [3.63, 3.8) is 0 Å². The summed E-state index contributed by atoms with van der Waals surface area (Å²) >= 11 is 0. The lowest BCUT2D eigenvalue weighted by Crippen LogP contribution is -2.24. The fourth-order valence-corrected chi connectivity index (χ4v) is 2.34. The SMILES string of the molecule is C=CCNC(=O)c1c(C)c(C(=O)OCC)n(CC)c1C. The van der Waals surface area contributed by atoms with Gasteiger partial charge < -0.3 is 14.6 Å². The minimum Gasteiger partial charge on any atom is -0.461 e. The van der Waals surface area contributed by atoms with Crippen LogP contribution in [0.25, 0.3) is 0 Å². The molecule has 0 bridgehead atoms. The summed E-state index contributed by atoms with van der Waals surface area (Å²) in [5.41, 5.74) is 2.42. The first-order valence-electron chi connectivity index (χ1n) is 6.75. The first kappa shape index (κ1) is 16.0. The van der Waals surface area contributed by atoms with Gasteiger partial charge in [0, 0.05) is 18.8 Å². The summed E-state index contributed by atoms with van der Waals surface area (Å²) in [4.78, 5) is 24.2. The smallest absolute Gasteiger partial charge is 0.355 e. The van der Waals surface area contributed by atoms with E-state index in [1.807, 2.05) is 18.4 Å². The summed E-state index contributed by atoms with van der Waals surface area (Å²) in [7, 11) is 0. The van der Waals surface area contributed by atoms with Gasteiger partial charge in [-0.2, -0.15) is 0 Å². The van der Waals surface area contributed by atoms with Crippen LogP contribution in [0.5, 0.6) is 0 Å². The van der Waals surface area contributed by atoms with Crippen molar-refractivity contribution in [1.29, 1.82) is 0 Å². The van der Waals surface area contributed by atoms with E-state index in [2.05, 4.69) is 11.9 Å². The van der Waals surface area contributed by atoms with E-state index in [-0.39, 0.29) is 5.91 Å². The van der Waals surface area contributed by atoms with Crippen LogP contribution in [-0.2, 0) is 11.3 Å². The van der Waals surface area contributed by atoms with Crippen LogP contribution in [0.3, 0.4) is 0 Å². The number of rotatable bonds is 6. The maximum absolute atomic E-state index is 12.2. The van der Waals surface area contributed by atoms with Gasteiger partial charge in [-0.25, -0.2) is 4.79 Å². The average Bonchev–Trinajstić information content (AvgIpc) is 2.67. The highest BCUT2D eigenvalue weighted by molar-refractivity contribution is 6.01. The van der Waals surface area contributed by atoms with Gasteiger partial charge in [-0.3, -0.25) is 4.79 Å². The Kier molecular flexibility index (Phi) is 5.55. The molecule has 0 atom stereocenters. The second-order valence-corrected chi connectivity index (χ2v) is 4.40. The molecule has 1 N–H and O–H groups in total. The van der Waals surface area contributed by atoms with Crippen molar-refractivity contribution in [2.45, 2.75) is 34.2 Å². The number of hydrogen-bond donors (Lipinski definition) is 1. The zero-order chi connectivity index (χ0) is 15.3. The number of amides is 1. The molecule has 0 aliphatic carbocycles. The number of nitrogens with one attached hydrogen (secondary N) is 1. The second-order valence-electron chi connectivity index (χ2n) is 4.40. The predicted octanol–water partition coefficient (Wildman–Crippen LogP) is 2.22. The Labute approximate surface area is 119 Å². The van der Waals surface area contributed by atoms with Gasteiger partial charge in [0.15, 0.2) is 0 Å². The molecule has 0 saturated heterocycles. The van der Waals surface area contributed by atoms with Crippen molar-refractivity contribution in [3.8, 4) is 0 Å². The lowest BCUT2D eigenvalue weighted by molar-refractivity contribution is 0.0512. The van der Waals surface area contributed by atoms with E-state index in [0.717, 1.165) is 5.69 Å². The Morgan fingerprint density at radius 1 is 1.35 bits per heavy atom. The number of ether oxygens (including phenoxy) is 1. The van der Waals surface area contributed by atoms with Crippen molar-refractivity contribution in [2.24, 2.45) is 0 Å². The molecule has 0 spiro atoms. The summed E-state index contributed by atoms with van der Waals surface area (Å²) < 4.78 is 6.89. The Morgan fingerprint density at radius 2 is 2.00 bits per heavy atom. The molecule has 0 unspecified atom stereocenters. The Balaban J connectivity index is 3.30. The Hall–Kier alpha value is -2.04. The molecule has 1 aromatic heterocycles. The standard InChI is InChI=1S/C15H22N2O3/c1-6-9-16-14(18)12-10(4)13(15(19)20-8-3)17(7-2)11(12)5/h6H,1,7-9H2,2-5H3,(H,16,18). The van der Waals surface area contributed by atoms with E-state index in [1.165, 1.54) is 0 Å². The fourth-order valence-electron chi connectivity index (χ4n) is 2.34. The maximum atomic E-state index is 12.2. The summed E-state index contributed by atoms with van der Waals surface area (Å²) in [6, 6.07) is 0. The van der Waals surface area contributed by atoms with Gasteiger partial charge >= 0.3 is 5.97 Å². The number of esters is 1. The highest BCUT2D eigenvalue weighted by Crippen LogP contribution is 2.23. The van der Waals surface area contributed by atoms with Crippen LogP contribution in [-0.4, -0.2) is 29.6 Å². The van der Waals surface area contributed by atoms with E-state index in [0.29, 0.717) is 36.5 Å². The van der Waals surface area contributed by atoms with Crippen LogP contribution in [0.15, 0.2) is 12.7 Å². The zero-order valence-electron chi connectivity index (χ0n) is 12.6.